The van der Waals surface area contributed by atoms with Gasteiger partial charge in [-0.2, -0.15) is 0 Å². The number of aryl methyl sites for hydroxylation is 1. The van der Waals surface area contributed by atoms with Gasteiger partial charge in [0.25, 0.3) is 0 Å². The van der Waals surface area contributed by atoms with Gasteiger partial charge < -0.3 is 4.90 Å². The molecule has 0 amide bonds. The summed E-state index contributed by atoms with van der Waals surface area (Å²) >= 11 is 0. The summed E-state index contributed by atoms with van der Waals surface area (Å²) < 4.78 is 0. The van der Waals surface area contributed by atoms with E-state index in [1.165, 1.54) is 11.3 Å². The molecule has 1 aromatic rings. The van der Waals surface area contributed by atoms with Crippen molar-refractivity contribution in [2.75, 3.05) is 11.4 Å². The normalized spacial score (nSPS) is 11.5. The second kappa shape index (κ2) is 4.04. The highest BCUT2D eigenvalue weighted by atomic mass is 15.2. The van der Waals surface area contributed by atoms with Gasteiger partial charge in [0.1, 0.15) is 0 Å². The zero-order valence-electron chi connectivity index (χ0n) is 9.96. The molecule has 0 spiro atoms. The first kappa shape index (κ1) is 11.1. The lowest BCUT2D eigenvalue weighted by Crippen LogP contribution is -2.41. The van der Waals surface area contributed by atoms with Gasteiger partial charge in [0.05, 0.1) is 0 Å². The number of nitrogens with zero attached hydrogens (tertiary/aromatic N) is 1. The minimum absolute atomic E-state index is 0.195. The smallest absolute Gasteiger partial charge is 0.0400 e. The third-order valence-corrected chi connectivity index (χ3v) is 2.53. The molecule has 0 bridgehead atoms. The molecule has 1 heteroatoms. The molecule has 0 aliphatic rings. The van der Waals surface area contributed by atoms with E-state index < -0.39 is 0 Å². The predicted molar refractivity (Wildman–Crippen MR) is 64.0 cm³/mol. The minimum atomic E-state index is 0.195. The Balaban J connectivity index is 3.08. The summed E-state index contributed by atoms with van der Waals surface area (Å²) in [4.78, 5) is 2.43. The van der Waals surface area contributed by atoms with Gasteiger partial charge in [-0.05, 0) is 46.2 Å². The summed E-state index contributed by atoms with van der Waals surface area (Å²) in [7, 11) is 0. The van der Waals surface area contributed by atoms with Crippen LogP contribution in [0.25, 0.3) is 0 Å². The first-order valence-corrected chi connectivity index (χ1v) is 5.30. The summed E-state index contributed by atoms with van der Waals surface area (Å²) in [6.45, 7) is 12.2. The number of rotatable bonds is 2. The predicted octanol–water partition coefficient (Wildman–Crippen LogP) is 3.62. The molecular formula is C13H21N. The van der Waals surface area contributed by atoms with Crippen molar-refractivity contribution in [3.63, 3.8) is 0 Å². The Hall–Kier alpha value is -0.980. The zero-order chi connectivity index (χ0) is 10.8. The summed E-state index contributed by atoms with van der Waals surface area (Å²) in [6, 6.07) is 8.57. The summed E-state index contributed by atoms with van der Waals surface area (Å²) in [5.74, 6) is 0. The number of hydrogen-bond acceptors (Lipinski definition) is 1. The fraction of sp³-hybridized carbons (Fsp3) is 0.538. The Morgan fingerprint density at radius 3 is 2.14 bits per heavy atom. The van der Waals surface area contributed by atoms with Crippen LogP contribution in [0.2, 0.25) is 0 Å². The van der Waals surface area contributed by atoms with E-state index in [0.717, 1.165) is 6.54 Å². The van der Waals surface area contributed by atoms with E-state index in [9.17, 15) is 0 Å². The summed E-state index contributed by atoms with van der Waals surface area (Å²) in [6.07, 6.45) is 0. The van der Waals surface area contributed by atoms with E-state index in [0.29, 0.717) is 0 Å². The molecule has 1 rings (SSSR count). The molecule has 1 aromatic carbocycles. The molecule has 78 valence electrons. The lowest BCUT2D eigenvalue weighted by molar-refractivity contribution is 0.512. The van der Waals surface area contributed by atoms with Crippen LogP contribution < -0.4 is 4.90 Å². The molecule has 1 nitrogen and oxygen atoms in total. The molecule has 0 atom stereocenters. The van der Waals surface area contributed by atoms with Gasteiger partial charge in [0.2, 0.25) is 0 Å². The van der Waals surface area contributed by atoms with Gasteiger partial charge in [-0.25, -0.2) is 0 Å². The van der Waals surface area contributed by atoms with Crippen molar-refractivity contribution >= 4 is 5.69 Å². The van der Waals surface area contributed by atoms with Gasteiger partial charge in [0.15, 0.2) is 0 Å². The molecule has 0 saturated heterocycles. The van der Waals surface area contributed by atoms with Crippen molar-refractivity contribution < 1.29 is 0 Å². The van der Waals surface area contributed by atoms with Crippen LogP contribution in [0.1, 0.15) is 33.3 Å². The van der Waals surface area contributed by atoms with Crippen LogP contribution in [0, 0.1) is 6.92 Å². The third kappa shape index (κ3) is 2.28. The fourth-order valence-electron chi connectivity index (χ4n) is 1.87. The molecule has 14 heavy (non-hydrogen) atoms. The Morgan fingerprint density at radius 2 is 1.71 bits per heavy atom. The van der Waals surface area contributed by atoms with Crippen molar-refractivity contribution in [2.24, 2.45) is 0 Å². The highest BCUT2D eigenvalue weighted by molar-refractivity contribution is 5.54. The lowest BCUT2D eigenvalue weighted by atomic mass is 10.0. The molecular weight excluding hydrogens is 170 g/mol. The van der Waals surface area contributed by atoms with E-state index in [-0.39, 0.29) is 5.54 Å². The second-order valence-corrected chi connectivity index (χ2v) is 4.70. The van der Waals surface area contributed by atoms with E-state index >= 15 is 0 Å². The molecule has 0 radical (unpaired) electrons. The SMILES string of the molecule is CCN(c1ccccc1C)C(C)(C)C. The van der Waals surface area contributed by atoms with Crippen LogP contribution >= 0.6 is 0 Å². The molecule has 0 fully saturated rings. The number of anilines is 1. The van der Waals surface area contributed by atoms with E-state index in [1.807, 2.05) is 0 Å². The lowest BCUT2D eigenvalue weighted by Gasteiger charge is -2.37. The molecule has 0 N–H and O–H groups in total. The highest BCUT2D eigenvalue weighted by Crippen LogP contribution is 2.26. The summed E-state index contributed by atoms with van der Waals surface area (Å²) in [5, 5.41) is 0. The van der Waals surface area contributed by atoms with Crippen LogP contribution in [0.15, 0.2) is 24.3 Å². The van der Waals surface area contributed by atoms with Crippen LogP contribution in [0.5, 0.6) is 0 Å². The van der Waals surface area contributed by atoms with E-state index in [2.05, 4.69) is 63.8 Å². The Morgan fingerprint density at radius 1 is 1.14 bits per heavy atom. The van der Waals surface area contributed by atoms with Crippen molar-refractivity contribution in [1.82, 2.24) is 0 Å². The van der Waals surface area contributed by atoms with Gasteiger partial charge in [0, 0.05) is 17.8 Å². The van der Waals surface area contributed by atoms with Crippen molar-refractivity contribution in [3.8, 4) is 0 Å². The Kier molecular flexibility index (Phi) is 3.20. The van der Waals surface area contributed by atoms with Gasteiger partial charge in [-0.15, -0.1) is 0 Å². The average Bonchev–Trinajstić information content (AvgIpc) is 2.07. The van der Waals surface area contributed by atoms with Crippen molar-refractivity contribution in [3.05, 3.63) is 29.8 Å². The minimum Gasteiger partial charge on any atom is -0.367 e. The van der Waals surface area contributed by atoms with Crippen molar-refractivity contribution in [2.45, 2.75) is 40.2 Å². The molecule has 0 heterocycles. The third-order valence-electron chi connectivity index (χ3n) is 2.53. The fourth-order valence-corrected chi connectivity index (χ4v) is 1.87. The number of benzene rings is 1. The van der Waals surface area contributed by atoms with E-state index in [4.69, 9.17) is 0 Å². The largest absolute Gasteiger partial charge is 0.367 e. The van der Waals surface area contributed by atoms with Crippen LogP contribution in [-0.2, 0) is 0 Å². The van der Waals surface area contributed by atoms with Crippen LogP contribution in [-0.4, -0.2) is 12.1 Å². The molecule has 0 aliphatic heterocycles. The van der Waals surface area contributed by atoms with Gasteiger partial charge in [-0.1, -0.05) is 18.2 Å². The molecule has 0 unspecified atom stereocenters. The maximum absolute atomic E-state index is 2.43. The monoisotopic (exact) mass is 191 g/mol. The quantitative estimate of drug-likeness (QED) is 0.690. The number of para-hydroxylation sites is 1. The van der Waals surface area contributed by atoms with Gasteiger partial charge in [-0.3, -0.25) is 0 Å². The van der Waals surface area contributed by atoms with Crippen LogP contribution in [0.3, 0.4) is 0 Å². The molecule has 0 aliphatic carbocycles. The van der Waals surface area contributed by atoms with E-state index in [1.54, 1.807) is 0 Å². The Bertz CT molecular complexity index is 296. The second-order valence-electron chi connectivity index (χ2n) is 4.70. The van der Waals surface area contributed by atoms with Crippen molar-refractivity contribution in [1.29, 1.82) is 0 Å². The molecule has 0 saturated carbocycles. The zero-order valence-corrected chi connectivity index (χ0v) is 9.96. The Labute approximate surface area is 87.7 Å². The standard InChI is InChI=1S/C13H21N/c1-6-14(13(3,4)5)12-10-8-7-9-11(12)2/h7-10H,6H2,1-5H3. The maximum Gasteiger partial charge on any atom is 0.0400 e. The average molecular weight is 191 g/mol. The number of hydrogen-bond donors (Lipinski definition) is 0. The van der Waals surface area contributed by atoms with Crippen LogP contribution in [0.4, 0.5) is 5.69 Å². The first-order valence-electron chi connectivity index (χ1n) is 5.30. The first-order chi connectivity index (χ1) is 6.46. The highest BCUT2D eigenvalue weighted by Gasteiger charge is 2.20. The van der Waals surface area contributed by atoms with Gasteiger partial charge >= 0.3 is 0 Å². The molecule has 0 aromatic heterocycles. The topological polar surface area (TPSA) is 3.24 Å². The maximum atomic E-state index is 2.43. The summed E-state index contributed by atoms with van der Waals surface area (Å²) in [5.41, 5.74) is 2.90.